The molecule has 0 spiro atoms. The molecule has 0 aliphatic carbocycles. The van der Waals surface area contributed by atoms with E-state index in [1.807, 2.05) is 23.2 Å². The number of piperidine rings is 1. The lowest BCUT2D eigenvalue weighted by Gasteiger charge is -2.26. The molecule has 2 aromatic heterocycles. The number of hydrogen-bond acceptors (Lipinski definition) is 3. The minimum absolute atomic E-state index is 0.161. The van der Waals surface area contributed by atoms with Gasteiger partial charge in [0.1, 0.15) is 0 Å². The van der Waals surface area contributed by atoms with Crippen LogP contribution in [-0.2, 0) is 6.42 Å². The summed E-state index contributed by atoms with van der Waals surface area (Å²) in [6, 6.07) is 14.5. The molecule has 0 atom stereocenters. The molecule has 3 nitrogen and oxygen atoms in total. The second-order valence-corrected chi connectivity index (χ2v) is 8.34. The van der Waals surface area contributed by atoms with Gasteiger partial charge in [-0.3, -0.25) is 9.78 Å². The van der Waals surface area contributed by atoms with E-state index in [1.54, 1.807) is 11.3 Å². The van der Waals surface area contributed by atoms with Crippen molar-refractivity contribution in [2.45, 2.75) is 39.0 Å². The predicted octanol–water partition coefficient (Wildman–Crippen LogP) is 6.06. The van der Waals surface area contributed by atoms with Crippen LogP contribution in [0, 0.1) is 0 Å². The molecule has 4 heteroatoms. The summed E-state index contributed by atoms with van der Waals surface area (Å²) in [5.41, 5.74) is 5.49. The summed E-state index contributed by atoms with van der Waals surface area (Å²) in [4.78, 5) is 20.4. The van der Waals surface area contributed by atoms with Crippen molar-refractivity contribution in [3.63, 3.8) is 0 Å². The smallest absolute Gasteiger partial charge is 0.253 e. The normalized spacial score (nSPS) is 14.2. The molecule has 1 aliphatic rings. The van der Waals surface area contributed by atoms with Crippen molar-refractivity contribution in [3.8, 4) is 21.7 Å². The summed E-state index contributed by atoms with van der Waals surface area (Å²) in [5.74, 6) is 0.161. The maximum Gasteiger partial charge on any atom is 0.253 e. The molecule has 28 heavy (non-hydrogen) atoms. The third-order valence-corrected chi connectivity index (χ3v) is 6.28. The third-order valence-electron chi connectivity index (χ3n) is 5.32. The second kappa shape index (κ2) is 8.70. The van der Waals surface area contributed by atoms with Crippen LogP contribution in [0.4, 0.5) is 0 Å². The summed E-state index contributed by atoms with van der Waals surface area (Å²) in [7, 11) is 0. The molecule has 3 heterocycles. The number of aryl methyl sites for hydroxylation is 1. The van der Waals surface area contributed by atoms with E-state index in [-0.39, 0.29) is 5.91 Å². The number of thiophene rings is 1. The predicted molar refractivity (Wildman–Crippen MR) is 117 cm³/mol. The zero-order valence-electron chi connectivity index (χ0n) is 16.4. The Morgan fingerprint density at radius 1 is 1.04 bits per heavy atom. The Morgan fingerprint density at radius 3 is 2.57 bits per heavy atom. The van der Waals surface area contributed by atoms with Crippen LogP contribution in [0.25, 0.3) is 21.7 Å². The molecule has 1 amide bonds. The van der Waals surface area contributed by atoms with Crippen LogP contribution >= 0.6 is 11.3 Å². The van der Waals surface area contributed by atoms with Crippen LogP contribution in [0.1, 0.15) is 48.5 Å². The number of carbonyl (C=O) groups excluding carboxylic acids is 1. The van der Waals surface area contributed by atoms with E-state index in [0.717, 1.165) is 55.6 Å². The summed E-state index contributed by atoms with van der Waals surface area (Å²) in [6.45, 7) is 3.97. The highest BCUT2D eigenvalue weighted by Gasteiger charge is 2.18. The Balaban J connectivity index is 1.51. The van der Waals surface area contributed by atoms with Gasteiger partial charge < -0.3 is 4.90 Å². The van der Waals surface area contributed by atoms with Gasteiger partial charge in [-0.15, -0.1) is 11.3 Å². The van der Waals surface area contributed by atoms with E-state index < -0.39 is 0 Å². The first-order valence-corrected chi connectivity index (χ1v) is 11.1. The average Bonchev–Trinajstić information content (AvgIpc) is 3.25. The number of carbonyl (C=O) groups is 1. The van der Waals surface area contributed by atoms with Crippen LogP contribution in [-0.4, -0.2) is 28.9 Å². The molecule has 4 rings (SSSR count). The summed E-state index contributed by atoms with van der Waals surface area (Å²) >= 11 is 1.72. The fourth-order valence-electron chi connectivity index (χ4n) is 3.76. The SMILES string of the molecule is CCCc1ccnc(-c2cc(-c3ccc(C(=O)N4CCCCC4)cc3)cs2)c1. The lowest BCUT2D eigenvalue weighted by atomic mass is 10.0. The zero-order valence-corrected chi connectivity index (χ0v) is 17.2. The van der Waals surface area contributed by atoms with E-state index in [1.165, 1.54) is 22.4 Å². The van der Waals surface area contributed by atoms with Crippen molar-refractivity contribution in [3.05, 3.63) is 65.2 Å². The third kappa shape index (κ3) is 4.17. The fourth-order valence-corrected chi connectivity index (χ4v) is 4.65. The molecule has 1 aliphatic heterocycles. The van der Waals surface area contributed by atoms with Gasteiger partial charge in [-0.05, 0) is 78.1 Å². The number of nitrogens with zero attached hydrogens (tertiary/aromatic N) is 2. The fraction of sp³-hybridized carbons (Fsp3) is 0.333. The van der Waals surface area contributed by atoms with Crippen LogP contribution in [0.2, 0.25) is 0 Å². The Kier molecular flexibility index (Phi) is 5.87. The maximum atomic E-state index is 12.6. The first-order valence-electron chi connectivity index (χ1n) is 10.2. The molecule has 144 valence electrons. The largest absolute Gasteiger partial charge is 0.339 e. The van der Waals surface area contributed by atoms with Gasteiger partial charge in [0.25, 0.3) is 5.91 Å². The first kappa shape index (κ1) is 18.9. The van der Waals surface area contributed by atoms with E-state index in [9.17, 15) is 4.79 Å². The summed E-state index contributed by atoms with van der Waals surface area (Å²) in [5, 5.41) is 2.17. The van der Waals surface area contributed by atoms with Crippen LogP contribution < -0.4 is 0 Å². The number of amides is 1. The quantitative estimate of drug-likeness (QED) is 0.531. The summed E-state index contributed by atoms with van der Waals surface area (Å²) in [6.07, 6.45) is 7.60. The van der Waals surface area contributed by atoms with Crippen molar-refractivity contribution in [1.82, 2.24) is 9.88 Å². The van der Waals surface area contributed by atoms with Gasteiger partial charge in [-0.25, -0.2) is 0 Å². The molecule has 0 unspecified atom stereocenters. The first-order chi connectivity index (χ1) is 13.7. The minimum atomic E-state index is 0.161. The Bertz CT molecular complexity index is 939. The van der Waals surface area contributed by atoms with Crippen LogP contribution in [0.15, 0.2) is 54.0 Å². The minimum Gasteiger partial charge on any atom is -0.339 e. The van der Waals surface area contributed by atoms with Gasteiger partial charge in [-0.2, -0.15) is 0 Å². The van der Waals surface area contributed by atoms with Crippen molar-refractivity contribution in [2.24, 2.45) is 0 Å². The van der Waals surface area contributed by atoms with E-state index >= 15 is 0 Å². The monoisotopic (exact) mass is 390 g/mol. The Hall–Kier alpha value is -2.46. The van der Waals surface area contributed by atoms with E-state index in [4.69, 9.17) is 0 Å². The molecular weight excluding hydrogens is 364 g/mol. The standard InChI is InChI=1S/C24H26N2OS/c1-2-6-18-11-12-25-22(15-18)23-16-21(17-28-23)19-7-9-20(10-8-19)24(27)26-13-4-3-5-14-26/h7-12,15-17H,2-6,13-14H2,1H3. The van der Waals surface area contributed by atoms with Crippen molar-refractivity contribution < 1.29 is 4.79 Å². The number of likely N-dealkylation sites (tertiary alicyclic amines) is 1. The van der Waals surface area contributed by atoms with Crippen LogP contribution in [0.5, 0.6) is 0 Å². The highest BCUT2D eigenvalue weighted by atomic mass is 32.1. The van der Waals surface area contributed by atoms with Crippen molar-refractivity contribution in [1.29, 1.82) is 0 Å². The lowest BCUT2D eigenvalue weighted by Crippen LogP contribution is -2.35. The summed E-state index contributed by atoms with van der Waals surface area (Å²) < 4.78 is 0. The van der Waals surface area contributed by atoms with E-state index in [2.05, 4.69) is 47.6 Å². The Morgan fingerprint density at radius 2 is 1.82 bits per heavy atom. The molecule has 1 fully saturated rings. The number of rotatable bonds is 5. The maximum absolute atomic E-state index is 12.6. The van der Waals surface area contributed by atoms with Gasteiger partial charge in [0, 0.05) is 24.8 Å². The second-order valence-electron chi connectivity index (χ2n) is 7.43. The van der Waals surface area contributed by atoms with Gasteiger partial charge in [-0.1, -0.05) is 25.5 Å². The number of benzene rings is 1. The molecular formula is C24H26N2OS. The van der Waals surface area contributed by atoms with E-state index in [0.29, 0.717) is 0 Å². The Labute approximate surface area is 171 Å². The average molecular weight is 391 g/mol. The molecule has 0 N–H and O–H groups in total. The molecule has 0 saturated carbocycles. The number of pyridine rings is 1. The number of aromatic nitrogens is 1. The lowest BCUT2D eigenvalue weighted by molar-refractivity contribution is 0.0724. The van der Waals surface area contributed by atoms with Gasteiger partial charge >= 0.3 is 0 Å². The van der Waals surface area contributed by atoms with Gasteiger partial charge in [0.05, 0.1) is 10.6 Å². The van der Waals surface area contributed by atoms with Crippen molar-refractivity contribution >= 4 is 17.2 Å². The molecule has 0 bridgehead atoms. The molecule has 1 saturated heterocycles. The number of hydrogen-bond donors (Lipinski definition) is 0. The molecule has 3 aromatic rings. The molecule has 0 radical (unpaired) electrons. The van der Waals surface area contributed by atoms with Crippen molar-refractivity contribution in [2.75, 3.05) is 13.1 Å². The van der Waals surface area contributed by atoms with Gasteiger partial charge in [0.15, 0.2) is 0 Å². The van der Waals surface area contributed by atoms with Gasteiger partial charge in [0.2, 0.25) is 0 Å². The zero-order chi connectivity index (χ0) is 19.3. The highest BCUT2D eigenvalue weighted by molar-refractivity contribution is 7.14. The molecule has 1 aromatic carbocycles. The highest BCUT2D eigenvalue weighted by Crippen LogP contribution is 2.32. The van der Waals surface area contributed by atoms with Crippen LogP contribution in [0.3, 0.4) is 0 Å². The topological polar surface area (TPSA) is 33.2 Å².